The Morgan fingerprint density at radius 2 is 1.00 bits per heavy atom. The largest absolute Gasteiger partial charge is 0.393 e. The summed E-state index contributed by atoms with van der Waals surface area (Å²) in [5.74, 6) is 0. The van der Waals surface area contributed by atoms with Gasteiger partial charge in [0.05, 0.1) is 24.4 Å². The molecular formula is C15H34N2O4. The molecule has 0 bridgehead atoms. The van der Waals surface area contributed by atoms with Crippen LogP contribution in [0.1, 0.15) is 53.4 Å². The van der Waals surface area contributed by atoms with E-state index in [1.165, 1.54) is 0 Å². The van der Waals surface area contributed by atoms with E-state index in [0.29, 0.717) is 12.8 Å². The molecule has 8 N–H and O–H groups in total. The molecule has 128 valence electrons. The lowest BCUT2D eigenvalue weighted by Gasteiger charge is -2.51. The summed E-state index contributed by atoms with van der Waals surface area (Å²) in [7, 11) is 0. The van der Waals surface area contributed by atoms with Gasteiger partial charge in [-0.25, -0.2) is 0 Å². The van der Waals surface area contributed by atoms with Gasteiger partial charge in [0.1, 0.15) is 0 Å². The van der Waals surface area contributed by atoms with Gasteiger partial charge in [0.2, 0.25) is 0 Å². The lowest BCUT2D eigenvalue weighted by atomic mass is 9.60. The minimum absolute atomic E-state index is 0.165. The van der Waals surface area contributed by atoms with E-state index in [0.717, 1.165) is 0 Å². The van der Waals surface area contributed by atoms with Crippen molar-refractivity contribution >= 4 is 0 Å². The Bertz CT molecular complexity index is 273. The molecule has 0 rings (SSSR count). The van der Waals surface area contributed by atoms with Crippen LogP contribution in [0.5, 0.6) is 0 Å². The normalized spacial score (nSPS) is 23.7. The Hall–Kier alpha value is -0.240. The van der Waals surface area contributed by atoms with Crippen LogP contribution >= 0.6 is 0 Å². The molecule has 0 heterocycles. The van der Waals surface area contributed by atoms with Gasteiger partial charge < -0.3 is 31.9 Å². The van der Waals surface area contributed by atoms with Crippen molar-refractivity contribution in [2.75, 3.05) is 6.54 Å². The molecule has 4 atom stereocenters. The summed E-state index contributed by atoms with van der Waals surface area (Å²) in [4.78, 5) is 0. The first-order valence-electron chi connectivity index (χ1n) is 7.69. The molecule has 0 radical (unpaired) electrons. The smallest absolute Gasteiger partial charge is 0.0529 e. The number of aliphatic hydroxyl groups is 4. The van der Waals surface area contributed by atoms with Crippen molar-refractivity contribution in [1.29, 1.82) is 0 Å². The van der Waals surface area contributed by atoms with Gasteiger partial charge in [-0.05, 0) is 59.9 Å². The summed E-state index contributed by atoms with van der Waals surface area (Å²) in [6.45, 7) is 6.74. The van der Waals surface area contributed by atoms with Crippen LogP contribution in [0.2, 0.25) is 0 Å². The second-order valence-corrected chi connectivity index (χ2v) is 6.85. The molecule has 0 fully saturated rings. The molecule has 0 saturated carbocycles. The monoisotopic (exact) mass is 306 g/mol. The highest BCUT2D eigenvalue weighted by Crippen LogP contribution is 2.44. The van der Waals surface area contributed by atoms with E-state index in [1.807, 2.05) is 0 Å². The van der Waals surface area contributed by atoms with Gasteiger partial charge >= 0.3 is 0 Å². The Labute approximate surface area is 128 Å². The summed E-state index contributed by atoms with van der Waals surface area (Å²) < 4.78 is 0. The van der Waals surface area contributed by atoms with E-state index in [-0.39, 0.29) is 19.4 Å². The molecule has 0 saturated heterocycles. The van der Waals surface area contributed by atoms with E-state index in [2.05, 4.69) is 0 Å². The van der Waals surface area contributed by atoms with Crippen LogP contribution < -0.4 is 11.5 Å². The van der Waals surface area contributed by atoms with Crippen LogP contribution in [-0.2, 0) is 0 Å². The van der Waals surface area contributed by atoms with Crippen LogP contribution in [0.4, 0.5) is 0 Å². The molecule has 6 nitrogen and oxygen atoms in total. The zero-order chi connectivity index (χ0) is 16.8. The second kappa shape index (κ2) is 8.41. The summed E-state index contributed by atoms with van der Waals surface area (Å²) in [5, 5.41) is 39.3. The highest BCUT2D eigenvalue weighted by Gasteiger charge is 2.49. The molecule has 0 aliphatic rings. The van der Waals surface area contributed by atoms with E-state index in [9.17, 15) is 20.4 Å². The highest BCUT2D eigenvalue weighted by molar-refractivity contribution is 5.06. The molecule has 0 spiro atoms. The Morgan fingerprint density at radius 3 is 1.19 bits per heavy atom. The third-order valence-corrected chi connectivity index (χ3v) is 4.14. The van der Waals surface area contributed by atoms with Crippen LogP contribution in [0.3, 0.4) is 0 Å². The molecule has 0 amide bonds. The van der Waals surface area contributed by atoms with Crippen molar-refractivity contribution in [1.82, 2.24) is 0 Å². The fourth-order valence-electron chi connectivity index (χ4n) is 3.56. The molecule has 0 aromatic heterocycles. The van der Waals surface area contributed by atoms with Crippen molar-refractivity contribution in [3.05, 3.63) is 0 Å². The number of hydrogen-bond acceptors (Lipinski definition) is 6. The Balaban J connectivity index is 5.71. The Morgan fingerprint density at radius 1 is 0.714 bits per heavy atom. The van der Waals surface area contributed by atoms with Gasteiger partial charge in [-0.3, -0.25) is 0 Å². The van der Waals surface area contributed by atoms with Crippen molar-refractivity contribution in [3.63, 3.8) is 0 Å². The first-order valence-corrected chi connectivity index (χ1v) is 7.69. The average molecular weight is 306 g/mol. The maximum absolute atomic E-state index is 9.85. The lowest BCUT2D eigenvalue weighted by molar-refractivity contribution is -0.0315. The van der Waals surface area contributed by atoms with Gasteiger partial charge in [0, 0.05) is 11.0 Å². The van der Waals surface area contributed by atoms with Gasteiger partial charge in [-0.15, -0.1) is 0 Å². The van der Waals surface area contributed by atoms with Crippen molar-refractivity contribution in [2.24, 2.45) is 16.9 Å². The van der Waals surface area contributed by atoms with Crippen LogP contribution in [-0.4, -0.2) is 56.9 Å². The zero-order valence-corrected chi connectivity index (χ0v) is 13.8. The minimum Gasteiger partial charge on any atom is -0.393 e. The number of aliphatic hydroxyl groups excluding tert-OH is 4. The number of nitrogens with two attached hydrogens (primary N) is 2. The summed E-state index contributed by atoms with van der Waals surface area (Å²) in [6, 6.07) is 0. The topological polar surface area (TPSA) is 133 Å². The predicted octanol–water partition coefficient (Wildman–Crippen LogP) is -0.287. The molecule has 6 heteroatoms. The van der Waals surface area contributed by atoms with E-state index in [1.54, 1.807) is 27.7 Å². The summed E-state index contributed by atoms with van der Waals surface area (Å²) >= 11 is 0. The number of rotatable bonds is 10. The minimum atomic E-state index is -0.974. The number of hydrogen-bond donors (Lipinski definition) is 6. The maximum Gasteiger partial charge on any atom is 0.0529 e. The molecular weight excluding hydrogens is 272 g/mol. The van der Waals surface area contributed by atoms with Gasteiger partial charge in [0.15, 0.2) is 0 Å². The molecule has 4 unspecified atom stereocenters. The zero-order valence-electron chi connectivity index (χ0n) is 13.8. The second-order valence-electron chi connectivity index (χ2n) is 6.85. The van der Waals surface area contributed by atoms with E-state index < -0.39 is 35.4 Å². The summed E-state index contributed by atoms with van der Waals surface area (Å²) in [6.07, 6.45) is -1.50. The van der Waals surface area contributed by atoms with Gasteiger partial charge in [-0.2, -0.15) is 0 Å². The van der Waals surface area contributed by atoms with Gasteiger partial charge in [-0.1, -0.05) is 0 Å². The van der Waals surface area contributed by atoms with Crippen LogP contribution in [0.25, 0.3) is 0 Å². The van der Waals surface area contributed by atoms with Crippen molar-refractivity contribution in [2.45, 2.75) is 83.3 Å². The average Bonchev–Trinajstić information content (AvgIpc) is 2.23. The molecule has 21 heavy (non-hydrogen) atoms. The van der Waals surface area contributed by atoms with E-state index in [4.69, 9.17) is 11.5 Å². The van der Waals surface area contributed by atoms with Crippen LogP contribution in [0, 0.1) is 5.41 Å². The van der Waals surface area contributed by atoms with Crippen LogP contribution in [0.15, 0.2) is 0 Å². The molecule has 0 aromatic carbocycles. The molecule has 0 aromatic rings. The quantitative estimate of drug-likeness (QED) is 0.329. The first-order chi connectivity index (χ1) is 9.48. The first kappa shape index (κ1) is 20.8. The van der Waals surface area contributed by atoms with Crippen molar-refractivity contribution < 1.29 is 20.4 Å². The lowest BCUT2D eigenvalue weighted by Crippen LogP contribution is -2.63. The standard InChI is InChI=1S/C15H34N2O4/c1-10(18)5-14(9-16,6-11(2)19)15(17,7-12(3)20)8-13(4)21/h10-13,18-21H,5-9,16-17H2,1-4H3. The maximum atomic E-state index is 9.85. The fourth-order valence-corrected chi connectivity index (χ4v) is 3.56. The third kappa shape index (κ3) is 6.18. The third-order valence-electron chi connectivity index (χ3n) is 4.14. The fraction of sp³-hybridized carbons (Fsp3) is 1.00. The predicted molar refractivity (Wildman–Crippen MR) is 83.6 cm³/mol. The highest BCUT2D eigenvalue weighted by atomic mass is 16.3. The Kier molecular flexibility index (Phi) is 8.31. The summed E-state index contributed by atoms with van der Waals surface area (Å²) in [5.41, 5.74) is 10.8. The SMILES string of the molecule is CC(O)CC(N)(CC(C)O)C(CN)(CC(C)O)CC(C)O. The van der Waals surface area contributed by atoms with Crippen molar-refractivity contribution in [3.8, 4) is 0 Å². The molecule has 0 aliphatic carbocycles. The van der Waals surface area contributed by atoms with Gasteiger partial charge in [0.25, 0.3) is 0 Å². The molecule has 0 aliphatic heterocycles. The van der Waals surface area contributed by atoms with E-state index >= 15 is 0 Å².